The topological polar surface area (TPSA) is 25.8 Å². The summed E-state index contributed by atoms with van der Waals surface area (Å²) in [5, 5.41) is 0. The molecule has 0 aliphatic heterocycles. The lowest BCUT2D eigenvalue weighted by Gasteiger charge is -1.99. The Balaban J connectivity index is 2.47. The van der Waals surface area contributed by atoms with Crippen LogP contribution in [-0.2, 0) is 14.1 Å². The van der Waals surface area contributed by atoms with E-state index in [1.807, 2.05) is 70.5 Å². The second-order valence-electron chi connectivity index (χ2n) is 4.18. The largest absolute Gasteiger partial charge is 0.405 e. The summed E-state index contributed by atoms with van der Waals surface area (Å²) < 4.78 is 11.6. The van der Waals surface area contributed by atoms with Gasteiger partial charge in [0, 0.05) is 18.3 Å². The lowest BCUT2D eigenvalue weighted by Crippen LogP contribution is -2.36. The van der Waals surface area contributed by atoms with Crippen molar-refractivity contribution in [2.24, 2.45) is 14.1 Å². The van der Waals surface area contributed by atoms with E-state index in [2.05, 4.69) is 0 Å². The third-order valence-corrected chi connectivity index (χ3v) is 3.23. The van der Waals surface area contributed by atoms with E-state index >= 15 is 0 Å². The summed E-state index contributed by atoms with van der Waals surface area (Å²) in [7, 11) is 3.96. The summed E-state index contributed by atoms with van der Waals surface area (Å²) in [6, 6.07) is 9.84. The molecule has 0 saturated carbocycles. The van der Waals surface area contributed by atoms with Crippen LogP contribution in [0.4, 0.5) is 0 Å². The summed E-state index contributed by atoms with van der Waals surface area (Å²) in [6.45, 7) is 0. The van der Waals surface area contributed by atoms with Crippen molar-refractivity contribution >= 4 is 23.4 Å². The molecular weight excluding hydrogens is 246 g/mol. The van der Waals surface area contributed by atoms with Crippen LogP contribution >= 0.6 is 12.2 Å². The Hall–Kier alpha value is -2.01. The van der Waals surface area contributed by atoms with Crippen LogP contribution < -0.4 is 9.13 Å². The molecule has 3 rings (SSSR count). The maximum atomic E-state index is 5.63. The fourth-order valence-corrected chi connectivity index (χ4v) is 2.37. The normalized spacial score (nSPS) is 11.0. The predicted octanol–water partition coefficient (Wildman–Crippen LogP) is 1.60. The smallest absolute Gasteiger partial charge is 0.369 e. The van der Waals surface area contributed by atoms with E-state index in [0.717, 1.165) is 17.0 Å². The molecule has 0 N–H and O–H groups in total. The van der Waals surface area contributed by atoms with Gasteiger partial charge in [-0.05, 0) is 18.2 Å². The standard InChI is InChI=1S/C13H13N3OS/c1-14-8-4-3-7-11(14)16-12-10(17-13(16)18)6-5-9-15(12)2/h3-9H,1-2H3/q+2. The fraction of sp³-hybridized carbons (Fsp3) is 0.154. The highest BCUT2D eigenvalue weighted by Gasteiger charge is 2.22. The van der Waals surface area contributed by atoms with Crippen LogP contribution in [-0.4, -0.2) is 4.57 Å². The van der Waals surface area contributed by atoms with E-state index in [0.29, 0.717) is 4.84 Å². The highest BCUT2D eigenvalue weighted by molar-refractivity contribution is 7.71. The number of aromatic nitrogens is 3. The molecule has 3 aromatic rings. The first-order chi connectivity index (χ1) is 8.68. The van der Waals surface area contributed by atoms with Crippen molar-refractivity contribution in [2.75, 3.05) is 0 Å². The molecule has 0 aliphatic carbocycles. The molecule has 3 heterocycles. The Morgan fingerprint density at radius 2 is 1.83 bits per heavy atom. The minimum atomic E-state index is 0.452. The molecule has 4 nitrogen and oxygen atoms in total. The van der Waals surface area contributed by atoms with Gasteiger partial charge in [-0.15, -0.1) is 4.57 Å². The first-order valence-corrected chi connectivity index (χ1v) is 6.04. The average molecular weight is 259 g/mol. The van der Waals surface area contributed by atoms with Crippen molar-refractivity contribution in [1.29, 1.82) is 0 Å². The number of pyridine rings is 2. The number of nitrogens with zero attached hydrogens (tertiary/aromatic N) is 3. The Labute approximate surface area is 109 Å². The van der Waals surface area contributed by atoms with E-state index in [9.17, 15) is 0 Å². The summed E-state index contributed by atoms with van der Waals surface area (Å²) >= 11 is 5.32. The molecule has 0 fully saturated rings. The number of hydrogen-bond acceptors (Lipinski definition) is 2. The van der Waals surface area contributed by atoms with E-state index in [4.69, 9.17) is 16.6 Å². The monoisotopic (exact) mass is 259 g/mol. The second-order valence-corrected chi connectivity index (χ2v) is 4.53. The summed E-state index contributed by atoms with van der Waals surface area (Å²) in [6.07, 6.45) is 3.96. The van der Waals surface area contributed by atoms with Crippen molar-refractivity contribution in [3.8, 4) is 5.82 Å². The van der Waals surface area contributed by atoms with Crippen LogP contribution in [0.15, 0.2) is 47.1 Å². The lowest BCUT2D eigenvalue weighted by molar-refractivity contribution is -0.669. The Bertz CT molecular complexity index is 788. The van der Waals surface area contributed by atoms with Crippen molar-refractivity contribution in [3.63, 3.8) is 0 Å². The van der Waals surface area contributed by atoms with Crippen LogP contribution in [0.1, 0.15) is 0 Å². The molecule has 0 unspecified atom stereocenters. The summed E-state index contributed by atoms with van der Waals surface area (Å²) in [4.78, 5) is 0.452. The third kappa shape index (κ3) is 1.55. The quantitative estimate of drug-likeness (QED) is 0.490. The van der Waals surface area contributed by atoms with Gasteiger partial charge in [-0.3, -0.25) is 0 Å². The molecule has 18 heavy (non-hydrogen) atoms. The first-order valence-electron chi connectivity index (χ1n) is 5.64. The van der Waals surface area contributed by atoms with Gasteiger partial charge >= 0.3 is 10.5 Å². The molecule has 0 atom stereocenters. The lowest BCUT2D eigenvalue weighted by atomic mass is 10.4. The van der Waals surface area contributed by atoms with Gasteiger partial charge in [0.05, 0.1) is 26.5 Å². The highest BCUT2D eigenvalue weighted by atomic mass is 32.1. The second kappa shape index (κ2) is 4.03. The van der Waals surface area contributed by atoms with E-state index < -0.39 is 0 Å². The summed E-state index contributed by atoms with van der Waals surface area (Å²) in [5.41, 5.74) is 1.73. The predicted molar refractivity (Wildman–Crippen MR) is 68.7 cm³/mol. The number of hydrogen-bond donors (Lipinski definition) is 0. The number of aryl methyl sites for hydroxylation is 2. The Kier molecular flexibility index (Phi) is 2.48. The van der Waals surface area contributed by atoms with Crippen molar-refractivity contribution in [2.45, 2.75) is 0 Å². The molecule has 0 spiro atoms. The van der Waals surface area contributed by atoms with Crippen LogP contribution in [0.5, 0.6) is 0 Å². The van der Waals surface area contributed by atoms with Crippen molar-refractivity contribution in [3.05, 3.63) is 47.6 Å². The maximum Gasteiger partial charge on any atom is 0.369 e. The van der Waals surface area contributed by atoms with Gasteiger partial charge in [-0.25, -0.2) is 9.13 Å². The molecule has 0 saturated heterocycles. The molecule has 0 amide bonds. The molecule has 0 aromatic carbocycles. The molecule has 5 heteroatoms. The molecule has 90 valence electrons. The third-order valence-electron chi connectivity index (χ3n) is 2.96. The van der Waals surface area contributed by atoms with Crippen LogP contribution in [0.3, 0.4) is 0 Å². The minimum Gasteiger partial charge on any atom is -0.405 e. The van der Waals surface area contributed by atoms with Gasteiger partial charge in [0.15, 0.2) is 0 Å². The van der Waals surface area contributed by atoms with E-state index in [1.54, 1.807) is 0 Å². The number of fused-ring (bicyclic) bond motifs is 1. The zero-order chi connectivity index (χ0) is 12.7. The highest BCUT2D eigenvalue weighted by Crippen LogP contribution is 2.16. The van der Waals surface area contributed by atoms with Gasteiger partial charge in [0.25, 0.3) is 5.82 Å². The molecule has 3 aromatic heterocycles. The molecule has 0 radical (unpaired) electrons. The Morgan fingerprint density at radius 3 is 2.61 bits per heavy atom. The fourth-order valence-electron chi connectivity index (χ4n) is 2.10. The van der Waals surface area contributed by atoms with E-state index in [1.165, 1.54) is 0 Å². The molecular formula is C13H13N3OS+2. The molecule has 0 bridgehead atoms. The Morgan fingerprint density at radius 1 is 1.06 bits per heavy atom. The van der Waals surface area contributed by atoms with Crippen LogP contribution in [0.2, 0.25) is 0 Å². The van der Waals surface area contributed by atoms with Gasteiger partial charge in [-0.2, -0.15) is 0 Å². The van der Waals surface area contributed by atoms with Gasteiger partial charge in [0.2, 0.25) is 5.58 Å². The van der Waals surface area contributed by atoms with Crippen molar-refractivity contribution in [1.82, 2.24) is 4.57 Å². The minimum absolute atomic E-state index is 0.452. The average Bonchev–Trinajstić information content (AvgIpc) is 2.68. The van der Waals surface area contributed by atoms with Gasteiger partial charge in [0.1, 0.15) is 0 Å². The number of rotatable bonds is 1. The zero-order valence-corrected chi connectivity index (χ0v) is 11.0. The van der Waals surface area contributed by atoms with Gasteiger partial charge in [-0.1, -0.05) is 6.07 Å². The zero-order valence-electron chi connectivity index (χ0n) is 10.2. The molecule has 0 aliphatic rings. The maximum absolute atomic E-state index is 5.63. The number of oxazole rings is 1. The van der Waals surface area contributed by atoms with Crippen molar-refractivity contribution < 1.29 is 13.6 Å². The van der Waals surface area contributed by atoms with Crippen LogP contribution in [0.25, 0.3) is 17.0 Å². The first kappa shape index (κ1) is 11.1. The van der Waals surface area contributed by atoms with E-state index in [-0.39, 0.29) is 0 Å². The SMILES string of the molecule is C[n+]1ccccc1-n1c(=S)oc2ccc[n+](C)c21. The van der Waals surface area contributed by atoms with Gasteiger partial charge < -0.3 is 4.42 Å². The van der Waals surface area contributed by atoms with Crippen LogP contribution in [0, 0.1) is 4.84 Å². The summed E-state index contributed by atoms with van der Waals surface area (Å²) in [5.74, 6) is 0.975.